The van der Waals surface area contributed by atoms with Crippen molar-refractivity contribution in [3.05, 3.63) is 54.1 Å². The number of rotatable bonds is 8. The van der Waals surface area contributed by atoms with Gasteiger partial charge in [-0.3, -0.25) is 4.79 Å². The third-order valence-corrected chi connectivity index (χ3v) is 5.64. The van der Waals surface area contributed by atoms with Gasteiger partial charge in [-0.15, -0.1) is 0 Å². The van der Waals surface area contributed by atoms with Crippen molar-refractivity contribution < 1.29 is 13.2 Å². The standard InChI is InChI=1S/C20H27N3O3S/c1-5-16-6-8-17(9-7-16)21-15(4)20(24)22-18-10-12-19(13-11-18)27(25,26)23-14(2)3/h6-15,21,23H,5H2,1-4H3,(H,22,24)/t15-/m0/s1. The van der Waals surface area contributed by atoms with Gasteiger partial charge in [-0.1, -0.05) is 19.1 Å². The molecule has 0 unspecified atom stereocenters. The average molecular weight is 390 g/mol. The summed E-state index contributed by atoms with van der Waals surface area (Å²) in [6.07, 6.45) is 0.967. The maximum Gasteiger partial charge on any atom is 0.246 e. The molecule has 0 aromatic heterocycles. The fourth-order valence-corrected chi connectivity index (χ4v) is 3.75. The Labute approximate surface area is 161 Å². The van der Waals surface area contributed by atoms with Crippen LogP contribution in [0.2, 0.25) is 0 Å². The molecule has 2 aromatic rings. The number of aryl methyl sites for hydroxylation is 1. The summed E-state index contributed by atoms with van der Waals surface area (Å²) in [6.45, 7) is 7.38. The first-order chi connectivity index (χ1) is 12.7. The van der Waals surface area contributed by atoms with Crippen molar-refractivity contribution in [3.8, 4) is 0 Å². The maximum atomic E-state index is 12.4. The molecule has 2 aromatic carbocycles. The Kier molecular flexibility index (Phi) is 6.98. The SMILES string of the molecule is CCc1ccc(N[C@@H](C)C(=O)Nc2ccc(S(=O)(=O)NC(C)C)cc2)cc1. The average Bonchev–Trinajstić information content (AvgIpc) is 2.61. The van der Waals surface area contributed by atoms with Crippen LogP contribution in [0.3, 0.4) is 0 Å². The molecule has 7 heteroatoms. The molecule has 0 heterocycles. The molecule has 0 aliphatic carbocycles. The molecule has 3 N–H and O–H groups in total. The number of carbonyl (C=O) groups excluding carboxylic acids is 1. The van der Waals surface area contributed by atoms with Crippen LogP contribution in [0.1, 0.15) is 33.3 Å². The largest absolute Gasteiger partial charge is 0.374 e. The monoisotopic (exact) mass is 389 g/mol. The van der Waals surface area contributed by atoms with Crippen LogP contribution >= 0.6 is 0 Å². The van der Waals surface area contributed by atoms with Gasteiger partial charge in [-0.25, -0.2) is 13.1 Å². The highest BCUT2D eigenvalue weighted by Crippen LogP contribution is 2.16. The number of nitrogens with one attached hydrogen (secondary N) is 3. The van der Waals surface area contributed by atoms with E-state index in [2.05, 4.69) is 22.3 Å². The van der Waals surface area contributed by atoms with Gasteiger partial charge in [0.25, 0.3) is 0 Å². The van der Waals surface area contributed by atoms with Crippen molar-refractivity contribution in [3.63, 3.8) is 0 Å². The Bertz CT molecular complexity index is 860. The molecule has 0 aliphatic heterocycles. The number of sulfonamides is 1. The Balaban J connectivity index is 1.98. The predicted octanol–water partition coefficient (Wildman–Crippen LogP) is 3.37. The molecule has 0 fully saturated rings. The van der Waals surface area contributed by atoms with Gasteiger partial charge in [0, 0.05) is 17.4 Å². The van der Waals surface area contributed by atoms with Gasteiger partial charge in [0.2, 0.25) is 15.9 Å². The quantitative estimate of drug-likeness (QED) is 0.646. The first-order valence-corrected chi connectivity index (χ1v) is 10.5. The summed E-state index contributed by atoms with van der Waals surface area (Å²) < 4.78 is 26.8. The number of amides is 1. The van der Waals surface area contributed by atoms with Crippen LogP contribution in [0.25, 0.3) is 0 Å². The molecular formula is C20H27N3O3S. The molecule has 1 atom stereocenters. The van der Waals surface area contributed by atoms with E-state index in [1.165, 1.54) is 17.7 Å². The van der Waals surface area contributed by atoms with Gasteiger partial charge in [0.05, 0.1) is 4.90 Å². The van der Waals surface area contributed by atoms with E-state index in [0.717, 1.165) is 12.1 Å². The van der Waals surface area contributed by atoms with Gasteiger partial charge in [0.15, 0.2) is 0 Å². The lowest BCUT2D eigenvalue weighted by Gasteiger charge is -2.16. The van der Waals surface area contributed by atoms with Crippen molar-refractivity contribution in [2.45, 2.75) is 51.1 Å². The van der Waals surface area contributed by atoms with E-state index in [0.29, 0.717) is 5.69 Å². The van der Waals surface area contributed by atoms with Crippen LogP contribution in [-0.2, 0) is 21.2 Å². The second kappa shape index (κ2) is 9.01. The van der Waals surface area contributed by atoms with Crippen LogP contribution in [0.15, 0.2) is 53.4 Å². The molecule has 2 rings (SSSR count). The minimum absolute atomic E-state index is 0.163. The second-order valence-corrected chi connectivity index (χ2v) is 8.42. The zero-order valence-corrected chi connectivity index (χ0v) is 16.9. The van der Waals surface area contributed by atoms with Gasteiger partial charge in [-0.2, -0.15) is 0 Å². The number of carbonyl (C=O) groups is 1. The van der Waals surface area contributed by atoms with E-state index in [1.807, 2.05) is 24.3 Å². The highest BCUT2D eigenvalue weighted by Gasteiger charge is 2.16. The van der Waals surface area contributed by atoms with E-state index >= 15 is 0 Å². The predicted molar refractivity (Wildman–Crippen MR) is 109 cm³/mol. The molecule has 0 radical (unpaired) electrons. The zero-order chi connectivity index (χ0) is 20.0. The molecule has 1 amide bonds. The summed E-state index contributed by atoms with van der Waals surface area (Å²) in [5, 5.41) is 5.94. The molecule has 27 heavy (non-hydrogen) atoms. The summed E-state index contributed by atoms with van der Waals surface area (Å²) in [4.78, 5) is 12.5. The van der Waals surface area contributed by atoms with Crippen molar-refractivity contribution in [1.29, 1.82) is 0 Å². The lowest BCUT2D eigenvalue weighted by atomic mass is 10.1. The fraction of sp³-hybridized carbons (Fsp3) is 0.350. The number of hydrogen-bond donors (Lipinski definition) is 3. The summed E-state index contributed by atoms with van der Waals surface area (Å²) in [7, 11) is -3.54. The Morgan fingerprint density at radius 3 is 2.00 bits per heavy atom. The summed E-state index contributed by atoms with van der Waals surface area (Å²) in [5.74, 6) is -0.203. The lowest BCUT2D eigenvalue weighted by molar-refractivity contribution is -0.116. The van der Waals surface area contributed by atoms with Crippen molar-refractivity contribution in [2.24, 2.45) is 0 Å². The van der Waals surface area contributed by atoms with Crippen LogP contribution in [0.4, 0.5) is 11.4 Å². The smallest absolute Gasteiger partial charge is 0.246 e. The molecule has 0 saturated heterocycles. The summed E-state index contributed by atoms with van der Waals surface area (Å²) in [6, 6.07) is 13.4. The van der Waals surface area contributed by atoms with E-state index in [9.17, 15) is 13.2 Å². The van der Waals surface area contributed by atoms with Gasteiger partial charge in [0.1, 0.15) is 6.04 Å². The maximum absolute atomic E-state index is 12.4. The molecular weight excluding hydrogens is 362 g/mol. The topological polar surface area (TPSA) is 87.3 Å². The second-order valence-electron chi connectivity index (χ2n) is 6.71. The summed E-state index contributed by atoms with van der Waals surface area (Å²) >= 11 is 0. The first-order valence-electron chi connectivity index (χ1n) is 9.00. The Hall–Kier alpha value is -2.38. The molecule has 146 valence electrons. The normalized spacial score (nSPS) is 12.6. The third-order valence-electron chi connectivity index (χ3n) is 3.96. The molecule has 6 nitrogen and oxygen atoms in total. The van der Waals surface area contributed by atoms with Gasteiger partial charge in [-0.05, 0) is 69.2 Å². The minimum atomic E-state index is -3.54. The number of anilines is 2. The van der Waals surface area contributed by atoms with E-state index in [1.54, 1.807) is 32.9 Å². The van der Waals surface area contributed by atoms with Gasteiger partial charge < -0.3 is 10.6 Å². The number of hydrogen-bond acceptors (Lipinski definition) is 4. The van der Waals surface area contributed by atoms with Crippen LogP contribution < -0.4 is 15.4 Å². The van der Waals surface area contributed by atoms with Crippen LogP contribution in [0.5, 0.6) is 0 Å². The van der Waals surface area contributed by atoms with E-state index < -0.39 is 16.1 Å². The first kappa shape index (κ1) is 20.9. The Morgan fingerprint density at radius 2 is 1.48 bits per heavy atom. The van der Waals surface area contributed by atoms with E-state index in [-0.39, 0.29) is 16.8 Å². The zero-order valence-electron chi connectivity index (χ0n) is 16.1. The fourth-order valence-electron chi connectivity index (χ4n) is 2.50. The molecule has 0 bridgehead atoms. The number of benzene rings is 2. The van der Waals surface area contributed by atoms with E-state index in [4.69, 9.17) is 0 Å². The van der Waals surface area contributed by atoms with Crippen LogP contribution in [0, 0.1) is 0 Å². The lowest BCUT2D eigenvalue weighted by Crippen LogP contribution is -2.32. The third kappa shape index (κ3) is 6.08. The molecule has 0 saturated carbocycles. The van der Waals surface area contributed by atoms with Crippen molar-refractivity contribution in [2.75, 3.05) is 10.6 Å². The van der Waals surface area contributed by atoms with Crippen molar-refractivity contribution >= 4 is 27.3 Å². The highest BCUT2D eigenvalue weighted by atomic mass is 32.2. The van der Waals surface area contributed by atoms with Crippen molar-refractivity contribution in [1.82, 2.24) is 4.72 Å². The Morgan fingerprint density at radius 1 is 0.926 bits per heavy atom. The molecule has 0 spiro atoms. The summed E-state index contributed by atoms with van der Waals surface area (Å²) in [5.41, 5.74) is 2.65. The highest BCUT2D eigenvalue weighted by molar-refractivity contribution is 7.89. The molecule has 0 aliphatic rings. The van der Waals surface area contributed by atoms with Gasteiger partial charge >= 0.3 is 0 Å². The van der Waals surface area contributed by atoms with Crippen LogP contribution in [-0.4, -0.2) is 26.4 Å². The minimum Gasteiger partial charge on any atom is -0.374 e.